The van der Waals surface area contributed by atoms with Crippen LogP contribution in [0, 0.1) is 0 Å². The summed E-state index contributed by atoms with van der Waals surface area (Å²) in [6, 6.07) is 8.41. The number of nitrogens with zero attached hydrogens (tertiary/aromatic N) is 1. The Kier molecular flexibility index (Phi) is 3.68. The molecular formula is C14H20N2O2. The zero-order valence-corrected chi connectivity index (χ0v) is 10.7. The average Bonchev–Trinajstić information content (AvgIpc) is 2.52. The van der Waals surface area contributed by atoms with Gasteiger partial charge in [0.25, 0.3) is 0 Å². The van der Waals surface area contributed by atoms with Gasteiger partial charge in [0.1, 0.15) is 5.54 Å². The van der Waals surface area contributed by atoms with E-state index >= 15 is 0 Å². The molecule has 3 N–H and O–H groups in total. The Bertz CT molecular complexity index is 416. The van der Waals surface area contributed by atoms with E-state index in [1.807, 2.05) is 0 Å². The molecule has 18 heavy (non-hydrogen) atoms. The summed E-state index contributed by atoms with van der Waals surface area (Å²) in [7, 11) is 0. The van der Waals surface area contributed by atoms with Gasteiger partial charge in [-0.25, -0.2) is 0 Å². The van der Waals surface area contributed by atoms with Gasteiger partial charge in [0.2, 0.25) is 0 Å². The summed E-state index contributed by atoms with van der Waals surface area (Å²) in [5, 5.41) is 9.06. The molecule has 1 aromatic rings. The third-order valence-corrected chi connectivity index (χ3v) is 3.55. The number of carbonyl (C=O) groups is 1. The van der Waals surface area contributed by atoms with Crippen LogP contribution in [0.1, 0.15) is 18.1 Å². The SMILES string of the molecule is CC(N)(CN1CCc2ccccc2CC1)C(=O)O. The molecule has 4 nitrogen and oxygen atoms in total. The van der Waals surface area contributed by atoms with Gasteiger partial charge >= 0.3 is 5.97 Å². The molecule has 98 valence electrons. The molecule has 0 saturated heterocycles. The monoisotopic (exact) mass is 248 g/mol. The zero-order chi connectivity index (χ0) is 13.2. The normalized spacial score (nSPS) is 19.7. The summed E-state index contributed by atoms with van der Waals surface area (Å²) < 4.78 is 0. The lowest BCUT2D eigenvalue weighted by Gasteiger charge is -2.28. The van der Waals surface area contributed by atoms with Crippen LogP contribution < -0.4 is 5.73 Å². The first-order valence-corrected chi connectivity index (χ1v) is 6.30. The summed E-state index contributed by atoms with van der Waals surface area (Å²) in [5.74, 6) is -0.940. The number of nitrogens with two attached hydrogens (primary N) is 1. The van der Waals surface area contributed by atoms with Crippen LogP contribution in [0.15, 0.2) is 24.3 Å². The minimum absolute atomic E-state index is 0.399. The van der Waals surface area contributed by atoms with Crippen LogP contribution in [0.5, 0.6) is 0 Å². The molecule has 0 saturated carbocycles. The number of carboxylic acid groups (broad SMARTS) is 1. The van der Waals surface area contributed by atoms with Crippen molar-refractivity contribution in [1.82, 2.24) is 4.90 Å². The Hall–Kier alpha value is -1.39. The molecule has 1 atom stereocenters. The summed E-state index contributed by atoms with van der Waals surface area (Å²) in [6.45, 7) is 3.72. The average molecular weight is 248 g/mol. The second kappa shape index (κ2) is 5.08. The van der Waals surface area contributed by atoms with E-state index in [2.05, 4.69) is 29.2 Å². The third kappa shape index (κ3) is 2.89. The first-order valence-electron chi connectivity index (χ1n) is 6.30. The maximum Gasteiger partial charge on any atom is 0.324 e. The molecule has 0 bridgehead atoms. The minimum atomic E-state index is -1.17. The Morgan fingerprint density at radius 3 is 2.28 bits per heavy atom. The number of carboxylic acids is 1. The van der Waals surface area contributed by atoms with E-state index < -0.39 is 11.5 Å². The molecule has 2 rings (SSSR count). The van der Waals surface area contributed by atoms with Gasteiger partial charge in [0, 0.05) is 19.6 Å². The highest BCUT2D eigenvalue weighted by molar-refractivity contribution is 5.78. The van der Waals surface area contributed by atoms with Crippen LogP contribution in [-0.4, -0.2) is 41.1 Å². The van der Waals surface area contributed by atoms with E-state index in [-0.39, 0.29) is 0 Å². The summed E-state index contributed by atoms with van der Waals surface area (Å²) in [5.41, 5.74) is 7.37. The molecule has 0 fully saturated rings. The van der Waals surface area contributed by atoms with Gasteiger partial charge in [-0.1, -0.05) is 24.3 Å². The highest BCUT2D eigenvalue weighted by Gasteiger charge is 2.30. The van der Waals surface area contributed by atoms with Crippen LogP contribution >= 0.6 is 0 Å². The van der Waals surface area contributed by atoms with Crippen molar-refractivity contribution in [3.8, 4) is 0 Å². The number of benzene rings is 1. The maximum atomic E-state index is 11.0. The fourth-order valence-electron chi connectivity index (χ4n) is 2.40. The summed E-state index contributed by atoms with van der Waals surface area (Å²) in [4.78, 5) is 13.2. The van der Waals surface area contributed by atoms with Gasteiger partial charge in [0.05, 0.1) is 0 Å². The molecule has 1 unspecified atom stereocenters. The van der Waals surface area contributed by atoms with Crippen molar-refractivity contribution in [2.75, 3.05) is 19.6 Å². The Morgan fingerprint density at radius 2 is 1.83 bits per heavy atom. The van der Waals surface area contributed by atoms with Gasteiger partial charge in [-0.3, -0.25) is 4.79 Å². The molecule has 0 aromatic heterocycles. The lowest BCUT2D eigenvalue weighted by molar-refractivity contribution is -0.143. The number of aliphatic carboxylic acids is 1. The topological polar surface area (TPSA) is 66.6 Å². The van der Waals surface area contributed by atoms with Gasteiger partial charge in [-0.15, -0.1) is 0 Å². The van der Waals surface area contributed by atoms with Crippen LogP contribution in [0.4, 0.5) is 0 Å². The van der Waals surface area contributed by atoms with Crippen LogP contribution in [0.2, 0.25) is 0 Å². The predicted molar refractivity (Wildman–Crippen MR) is 70.5 cm³/mol. The number of rotatable bonds is 3. The second-order valence-corrected chi connectivity index (χ2v) is 5.27. The van der Waals surface area contributed by atoms with Crippen molar-refractivity contribution in [3.05, 3.63) is 35.4 Å². The van der Waals surface area contributed by atoms with Gasteiger partial charge < -0.3 is 15.7 Å². The largest absolute Gasteiger partial charge is 0.480 e. The van der Waals surface area contributed by atoms with Gasteiger partial charge in [0.15, 0.2) is 0 Å². The van der Waals surface area contributed by atoms with E-state index in [0.717, 1.165) is 25.9 Å². The molecule has 4 heteroatoms. The van der Waals surface area contributed by atoms with E-state index in [0.29, 0.717) is 6.54 Å². The highest BCUT2D eigenvalue weighted by atomic mass is 16.4. The number of hydrogen-bond donors (Lipinski definition) is 2. The van der Waals surface area contributed by atoms with Crippen molar-refractivity contribution in [2.45, 2.75) is 25.3 Å². The lowest BCUT2D eigenvalue weighted by atomic mass is 10.0. The van der Waals surface area contributed by atoms with Crippen LogP contribution in [0.25, 0.3) is 0 Å². The molecule has 1 aliphatic rings. The lowest BCUT2D eigenvalue weighted by Crippen LogP contribution is -2.54. The summed E-state index contributed by atoms with van der Waals surface area (Å²) in [6.07, 6.45) is 1.93. The smallest absolute Gasteiger partial charge is 0.324 e. The van der Waals surface area contributed by atoms with E-state index in [1.165, 1.54) is 11.1 Å². The zero-order valence-electron chi connectivity index (χ0n) is 10.7. The molecule has 0 spiro atoms. The quantitative estimate of drug-likeness (QED) is 0.833. The minimum Gasteiger partial charge on any atom is -0.480 e. The molecule has 0 radical (unpaired) electrons. The molecular weight excluding hydrogens is 228 g/mol. The Labute approximate surface area is 107 Å². The fraction of sp³-hybridized carbons (Fsp3) is 0.500. The third-order valence-electron chi connectivity index (χ3n) is 3.55. The van der Waals surface area contributed by atoms with Gasteiger partial charge in [-0.05, 0) is 30.9 Å². The van der Waals surface area contributed by atoms with E-state index in [4.69, 9.17) is 10.8 Å². The van der Waals surface area contributed by atoms with Crippen molar-refractivity contribution < 1.29 is 9.90 Å². The van der Waals surface area contributed by atoms with Crippen LogP contribution in [0.3, 0.4) is 0 Å². The molecule has 0 aliphatic carbocycles. The van der Waals surface area contributed by atoms with E-state index in [9.17, 15) is 4.79 Å². The van der Waals surface area contributed by atoms with Crippen molar-refractivity contribution in [3.63, 3.8) is 0 Å². The molecule has 1 heterocycles. The van der Waals surface area contributed by atoms with E-state index in [1.54, 1.807) is 6.92 Å². The molecule has 1 aliphatic heterocycles. The summed E-state index contributed by atoms with van der Waals surface area (Å²) >= 11 is 0. The maximum absolute atomic E-state index is 11.0. The fourth-order valence-corrected chi connectivity index (χ4v) is 2.40. The number of hydrogen-bond acceptors (Lipinski definition) is 3. The van der Waals surface area contributed by atoms with Crippen molar-refractivity contribution in [1.29, 1.82) is 0 Å². The second-order valence-electron chi connectivity index (χ2n) is 5.27. The van der Waals surface area contributed by atoms with Crippen LogP contribution in [-0.2, 0) is 17.6 Å². The van der Waals surface area contributed by atoms with Crippen molar-refractivity contribution in [2.24, 2.45) is 5.73 Å². The highest BCUT2D eigenvalue weighted by Crippen LogP contribution is 2.16. The number of fused-ring (bicyclic) bond motifs is 1. The predicted octanol–water partition coefficient (Wildman–Crippen LogP) is 0.889. The van der Waals surface area contributed by atoms with Crippen molar-refractivity contribution >= 4 is 5.97 Å². The molecule has 1 aromatic carbocycles. The van der Waals surface area contributed by atoms with Gasteiger partial charge in [-0.2, -0.15) is 0 Å². The first kappa shape index (κ1) is 13.1. The Balaban J connectivity index is 2.02. The molecule has 0 amide bonds. The first-order chi connectivity index (χ1) is 8.49. The Morgan fingerprint density at radius 1 is 1.33 bits per heavy atom. The standard InChI is InChI=1S/C14H20N2O2/c1-14(15,13(17)18)10-16-8-6-11-4-2-3-5-12(11)7-9-16/h2-5H,6-10,15H2,1H3,(H,17,18).